The highest BCUT2D eigenvalue weighted by atomic mass is 32.2. The number of piperidine rings is 1. The van der Waals surface area contributed by atoms with Crippen molar-refractivity contribution >= 4 is 21.6 Å². The number of aromatic amines is 1. The maximum Gasteiger partial charge on any atom is 0.243 e. The molecule has 2 aliphatic rings. The van der Waals surface area contributed by atoms with Crippen LogP contribution in [0.3, 0.4) is 0 Å². The zero-order valence-corrected chi connectivity index (χ0v) is 15.9. The fourth-order valence-electron chi connectivity index (χ4n) is 3.64. The fourth-order valence-corrected chi connectivity index (χ4v) is 5.11. The van der Waals surface area contributed by atoms with Gasteiger partial charge in [0.1, 0.15) is 5.82 Å². The van der Waals surface area contributed by atoms with Crippen LogP contribution in [-0.2, 0) is 14.8 Å². The molecule has 1 aromatic carbocycles. The van der Waals surface area contributed by atoms with Gasteiger partial charge in [-0.25, -0.2) is 13.4 Å². The number of amides is 1. The minimum absolute atomic E-state index is 0.0249. The Labute approximate surface area is 159 Å². The first-order valence-electron chi connectivity index (χ1n) is 9.44. The van der Waals surface area contributed by atoms with Gasteiger partial charge in [0.05, 0.1) is 4.90 Å². The zero-order valence-electron chi connectivity index (χ0n) is 15.1. The summed E-state index contributed by atoms with van der Waals surface area (Å²) in [5.41, 5.74) is 0.641. The van der Waals surface area contributed by atoms with Gasteiger partial charge in [-0.05, 0) is 49.9 Å². The van der Waals surface area contributed by atoms with Crippen molar-refractivity contribution in [2.45, 2.75) is 42.9 Å². The van der Waals surface area contributed by atoms with Crippen LogP contribution in [0.1, 0.15) is 43.8 Å². The molecule has 2 aromatic rings. The third-order valence-electron chi connectivity index (χ3n) is 5.60. The predicted molar refractivity (Wildman–Crippen MR) is 102 cm³/mol. The van der Waals surface area contributed by atoms with Crippen LogP contribution in [0.2, 0.25) is 0 Å². The Morgan fingerprint density at radius 1 is 1.11 bits per heavy atom. The van der Waals surface area contributed by atoms with Crippen LogP contribution in [0.4, 0.5) is 5.69 Å². The molecular formula is C19H24N4O3S. The van der Waals surface area contributed by atoms with Gasteiger partial charge in [0, 0.05) is 43.0 Å². The number of imidazole rings is 1. The van der Waals surface area contributed by atoms with Crippen molar-refractivity contribution in [2.75, 3.05) is 18.4 Å². The number of carbonyl (C=O) groups excluding carboxylic acids is 1. The van der Waals surface area contributed by atoms with E-state index in [0.717, 1.165) is 37.9 Å². The number of rotatable bonds is 5. The molecule has 0 atom stereocenters. The summed E-state index contributed by atoms with van der Waals surface area (Å²) >= 11 is 0. The maximum absolute atomic E-state index is 12.9. The van der Waals surface area contributed by atoms with Gasteiger partial charge in [0.2, 0.25) is 15.9 Å². The second kappa shape index (κ2) is 7.44. The number of benzene rings is 1. The van der Waals surface area contributed by atoms with Crippen LogP contribution in [-0.4, -0.2) is 41.7 Å². The van der Waals surface area contributed by atoms with Gasteiger partial charge in [-0.3, -0.25) is 4.79 Å². The molecular weight excluding hydrogens is 364 g/mol. The smallest absolute Gasteiger partial charge is 0.243 e. The van der Waals surface area contributed by atoms with Gasteiger partial charge in [-0.15, -0.1) is 0 Å². The zero-order chi connectivity index (χ0) is 18.9. The SMILES string of the molecule is O=C(Nc1ccc(S(=O)(=O)N2CCC(c3ncc[nH]3)CC2)cc1)C1CCC1. The van der Waals surface area contributed by atoms with Gasteiger partial charge in [-0.1, -0.05) is 6.42 Å². The van der Waals surface area contributed by atoms with E-state index in [4.69, 9.17) is 0 Å². The number of nitrogens with one attached hydrogen (secondary N) is 2. The van der Waals surface area contributed by atoms with Crippen molar-refractivity contribution in [3.8, 4) is 0 Å². The number of H-pyrrole nitrogens is 1. The molecule has 1 saturated heterocycles. The van der Waals surface area contributed by atoms with E-state index in [2.05, 4.69) is 15.3 Å². The second-order valence-corrected chi connectivity index (χ2v) is 9.23. The van der Waals surface area contributed by atoms with Crippen molar-refractivity contribution < 1.29 is 13.2 Å². The normalized spacial score (nSPS) is 19.6. The molecule has 7 nitrogen and oxygen atoms in total. The van der Waals surface area contributed by atoms with Crippen LogP contribution in [0, 0.1) is 5.92 Å². The minimum atomic E-state index is -3.52. The molecule has 1 saturated carbocycles. The molecule has 1 aliphatic carbocycles. The lowest BCUT2D eigenvalue weighted by atomic mass is 9.85. The predicted octanol–water partition coefficient (Wildman–Crippen LogP) is 2.72. The van der Waals surface area contributed by atoms with Gasteiger partial charge in [-0.2, -0.15) is 4.31 Å². The number of nitrogens with zero attached hydrogens (tertiary/aromatic N) is 2. The molecule has 2 N–H and O–H groups in total. The molecule has 144 valence electrons. The van der Waals surface area contributed by atoms with Crippen molar-refractivity contribution in [3.05, 3.63) is 42.5 Å². The monoisotopic (exact) mass is 388 g/mol. The standard InChI is InChI=1S/C19H24N4O3S/c24-19(15-2-1-3-15)22-16-4-6-17(7-5-16)27(25,26)23-12-8-14(9-13-23)18-20-10-11-21-18/h4-7,10-11,14-15H,1-3,8-9,12-13H2,(H,20,21)(H,22,24). The van der Waals surface area contributed by atoms with E-state index >= 15 is 0 Å². The molecule has 4 rings (SSSR count). The third-order valence-corrected chi connectivity index (χ3v) is 7.51. The Kier molecular flexibility index (Phi) is 5.01. The van der Waals surface area contributed by atoms with E-state index in [1.165, 1.54) is 4.31 Å². The van der Waals surface area contributed by atoms with Crippen molar-refractivity contribution in [1.82, 2.24) is 14.3 Å². The highest BCUT2D eigenvalue weighted by Gasteiger charge is 2.31. The number of aromatic nitrogens is 2. The Morgan fingerprint density at radius 2 is 1.81 bits per heavy atom. The van der Waals surface area contributed by atoms with E-state index < -0.39 is 10.0 Å². The van der Waals surface area contributed by atoms with Crippen molar-refractivity contribution in [2.24, 2.45) is 5.92 Å². The van der Waals surface area contributed by atoms with Crippen LogP contribution in [0.15, 0.2) is 41.6 Å². The lowest BCUT2D eigenvalue weighted by Crippen LogP contribution is -2.38. The molecule has 0 bridgehead atoms. The van der Waals surface area contributed by atoms with E-state index in [1.54, 1.807) is 36.7 Å². The largest absolute Gasteiger partial charge is 0.348 e. The van der Waals surface area contributed by atoms with Crippen LogP contribution in [0.5, 0.6) is 0 Å². The summed E-state index contributed by atoms with van der Waals surface area (Å²) < 4.78 is 27.3. The summed E-state index contributed by atoms with van der Waals surface area (Å²) in [4.78, 5) is 19.7. The van der Waals surface area contributed by atoms with E-state index in [-0.39, 0.29) is 22.6 Å². The number of carbonyl (C=O) groups is 1. The second-order valence-electron chi connectivity index (χ2n) is 7.29. The molecule has 8 heteroatoms. The summed E-state index contributed by atoms with van der Waals surface area (Å²) in [6, 6.07) is 6.48. The van der Waals surface area contributed by atoms with Crippen molar-refractivity contribution in [1.29, 1.82) is 0 Å². The lowest BCUT2D eigenvalue weighted by molar-refractivity contribution is -0.122. The van der Waals surface area contributed by atoms with E-state index in [0.29, 0.717) is 18.8 Å². The Hall–Kier alpha value is -2.19. The van der Waals surface area contributed by atoms with Gasteiger partial charge < -0.3 is 10.3 Å². The first-order chi connectivity index (χ1) is 13.0. The average molecular weight is 388 g/mol. The Balaban J connectivity index is 1.39. The molecule has 0 unspecified atom stereocenters. The summed E-state index contributed by atoms with van der Waals surface area (Å²) in [5, 5.41) is 2.87. The molecule has 2 heterocycles. The Morgan fingerprint density at radius 3 is 2.37 bits per heavy atom. The average Bonchev–Trinajstić information content (AvgIpc) is 3.15. The molecule has 2 fully saturated rings. The van der Waals surface area contributed by atoms with Gasteiger partial charge in [0.25, 0.3) is 0 Å². The fraction of sp³-hybridized carbons (Fsp3) is 0.474. The van der Waals surface area contributed by atoms with Crippen LogP contribution < -0.4 is 5.32 Å². The molecule has 0 radical (unpaired) electrons. The highest BCUT2D eigenvalue weighted by Crippen LogP contribution is 2.30. The number of sulfonamides is 1. The van der Waals surface area contributed by atoms with E-state index in [9.17, 15) is 13.2 Å². The van der Waals surface area contributed by atoms with E-state index in [1.807, 2.05) is 0 Å². The quantitative estimate of drug-likeness (QED) is 0.823. The maximum atomic E-state index is 12.9. The minimum Gasteiger partial charge on any atom is -0.348 e. The molecule has 27 heavy (non-hydrogen) atoms. The molecule has 1 aliphatic heterocycles. The summed E-state index contributed by atoms with van der Waals surface area (Å²) in [7, 11) is -3.52. The molecule has 1 amide bonds. The van der Waals surface area contributed by atoms with Gasteiger partial charge in [0.15, 0.2) is 0 Å². The lowest BCUT2D eigenvalue weighted by Gasteiger charge is -2.30. The molecule has 0 spiro atoms. The Bertz CT molecular complexity index is 882. The van der Waals surface area contributed by atoms with Crippen LogP contribution >= 0.6 is 0 Å². The summed E-state index contributed by atoms with van der Waals surface area (Å²) in [6.07, 6.45) is 8.00. The first kappa shape index (κ1) is 18.2. The number of hydrogen-bond acceptors (Lipinski definition) is 4. The topological polar surface area (TPSA) is 95.2 Å². The van der Waals surface area contributed by atoms with Crippen LogP contribution in [0.25, 0.3) is 0 Å². The summed E-state index contributed by atoms with van der Waals surface area (Å²) in [5.74, 6) is 1.33. The summed E-state index contributed by atoms with van der Waals surface area (Å²) in [6.45, 7) is 0.960. The first-order valence-corrected chi connectivity index (χ1v) is 10.9. The molecule has 1 aromatic heterocycles. The third kappa shape index (κ3) is 3.77. The number of hydrogen-bond donors (Lipinski definition) is 2. The number of anilines is 1. The highest BCUT2D eigenvalue weighted by molar-refractivity contribution is 7.89. The van der Waals surface area contributed by atoms with Crippen molar-refractivity contribution in [3.63, 3.8) is 0 Å². The van der Waals surface area contributed by atoms with Gasteiger partial charge >= 0.3 is 0 Å².